The number of para-hydroxylation sites is 1. The average molecular weight is 981 g/mol. The molecule has 1 saturated carbocycles. The molecule has 75 heavy (non-hydrogen) atoms. The minimum absolute atomic E-state index is 0.187. The molecule has 0 amide bonds. The van der Waals surface area contributed by atoms with E-state index in [-0.39, 0.29) is 12.1 Å². The number of hydrogen-bond donors (Lipinski definition) is 1. The molecule has 378 valence electrons. The summed E-state index contributed by atoms with van der Waals surface area (Å²) in [6, 6.07) is 20.8. The highest BCUT2D eigenvalue weighted by Gasteiger charge is 2.48. The Morgan fingerprint density at radius 1 is 0.813 bits per heavy atom. The van der Waals surface area contributed by atoms with Crippen molar-refractivity contribution in [3.05, 3.63) is 249 Å². The van der Waals surface area contributed by atoms with Crippen molar-refractivity contribution in [1.82, 2.24) is 0 Å². The summed E-state index contributed by atoms with van der Waals surface area (Å²) < 4.78 is 0. The Balaban J connectivity index is 0.736. The molecule has 9 atom stereocenters. The molecule has 9 aliphatic rings. The van der Waals surface area contributed by atoms with Crippen LogP contribution in [0.4, 0.5) is 5.69 Å². The molecule has 0 bridgehead atoms. The van der Waals surface area contributed by atoms with Gasteiger partial charge in [0.25, 0.3) is 0 Å². The van der Waals surface area contributed by atoms with Gasteiger partial charge in [0.2, 0.25) is 0 Å². The molecular formula is C73H76N2. The Morgan fingerprint density at radius 2 is 1.67 bits per heavy atom. The van der Waals surface area contributed by atoms with Crippen LogP contribution in [0.25, 0.3) is 28.0 Å². The smallest absolute Gasteiger partial charge is 0.0681 e. The first kappa shape index (κ1) is 49.1. The van der Waals surface area contributed by atoms with Crippen LogP contribution >= 0.6 is 0 Å². The normalized spacial score (nSPS) is 27.5. The van der Waals surface area contributed by atoms with Crippen molar-refractivity contribution in [2.24, 2.45) is 46.4 Å². The highest BCUT2D eigenvalue weighted by Crippen LogP contribution is 2.59. The molecule has 9 aliphatic carbocycles. The number of nitrogens with zero attached hydrogens (tertiary/aromatic N) is 1. The van der Waals surface area contributed by atoms with Gasteiger partial charge in [-0.05, 0) is 194 Å². The highest BCUT2D eigenvalue weighted by molar-refractivity contribution is 6.19. The van der Waals surface area contributed by atoms with Gasteiger partial charge in [0, 0.05) is 29.0 Å². The van der Waals surface area contributed by atoms with Crippen molar-refractivity contribution in [1.29, 1.82) is 0 Å². The third-order valence-electron chi connectivity index (χ3n) is 18.5. The molecule has 3 aromatic carbocycles. The summed E-state index contributed by atoms with van der Waals surface area (Å²) in [5.41, 5.74) is 22.5. The number of rotatable bonds is 14. The number of fused-ring (bicyclic) bond motifs is 7. The van der Waals surface area contributed by atoms with Crippen molar-refractivity contribution in [2.45, 2.75) is 111 Å². The summed E-state index contributed by atoms with van der Waals surface area (Å²) >= 11 is 0. The molecule has 0 radical (unpaired) electrons. The van der Waals surface area contributed by atoms with Gasteiger partial charge >= 0.3 is 0 Å². The number of aryl methyl sites for hydroxylation is 1. The van der Waals surface area contributed by atoms with Crippen LogP contribution in [0.2, 0.25) is 0 Å². The Morgan fingerprint density at radius 3 is 2.56 bits per heavy atom. The van der Waals surface area contributed by atoms with Crippen molar-refractivity contribution < 1.29 is 0 Å². The number of anilines is 1. The van der Waals surface area contributed by atoms with E-state index in [0.29, 0.717) is 29.6 Å². The number of benzene rings is 3. The molecule has 8 unspecified atom stereocenters. The van der Waals surface area contributed by atoms with E-state index in [1.165, 1.54) is 108 Å². The number of aliphatic imine (C=N–C) groups is 1. The van der Waals surface area contributed by atoms with E-state index in [1.807, 2.05) is 0 Å². The van der Waals surface area contributed by atoms with Crippen molar-refractivity contribution in [3.8, 4) is 0 Å². The van der Waals surface area contributed by atoms with E-state index >= 15 is 0 Å². The maximum absolute atomic E-state index is 5.84. The molecule has 3 aromatic rings. The summed E-state index contributed by atoms with van der Waals surface area (Å²) in [7, 11) is 0. The minimum Gasteiger partial charge on any atom is -0.377 e. The zero-order valence-electron chi connectivity index (χ0n) is 45.1. The second-order valence-electron chi connectivity index (χ2n) is 23.2. The maximum Gasteiger partial charge on any atom is 0.0681 e. The molecule has 2 nitrogen and oxygen atoms in total. The number of nitrogens with one attached hydrogen (secondary N) is 1. The third kappa shape index (κ3) is 9.99. The van der Waals surface area contributed by atoms with Crippen molar-refractivity contribution >= 4 is 39.4 Å². The van der Waals surface area contributed by atoms with Gasteiger partial charge in [-0.25, -0.2) is 0 Å². The van der Waals surface area contributed by atoms with Crippen LogP contribution in [-0.2, 0) is 6.42 Å². The van der Waals surface area contributed by atoms with Crippen molar-refractivity contribution in [3.63, 3.8) is 0 Å². The number of hydrogen-bond acceptors (Lipinski definition) is 2. The fraction of sp³-hybridized carbons (Fsp3) is 0.329. The van der Waals surface area contributed by atoms with E-state index in [0.717, 1.165) is 56.8 Å². The van der Waals surface area contributed by atoms with Gasteiger partial charge in [-0.1, -0.05) is 200 Å². The van der Waals surface area contributed by atoms with Crippen LogP contribution < -0.4 is 5.32 Å². The Labute approximate surface area is 448 Å². The fourth-order valence-electron chi connectivity index (χ4n) is 13.9. The maximum atomic E-state index is 5.84. The molecular weight excluding hydrogens is 905 g/mol. The second-order valence-corrected chi connectivity index (χ2v) is 23.2. The molecule has 1 N–H and O–H groups in total. The first-order valence-electron chi connectivity index (χ1n) is 28.7. The monoisotopic (exact) mass is 981 g/mol. The molecule has 0 heterocycles. The zero-order valence-corrected chi connectivity index (χ0v) is 45.1. The van der Waals surface area contributed by atoms with E-state index in [2.05, 4.69) is 228 Å². The van der Waals surface area contributed by atoms with Crippen LogP contribution in [0.15, 0.2) is 232 Å². The van der Waals surface area contributed by atoms with Crippen LogP contribution in [0.1, 0.15) is 115 Å². The van der Waals surface area contributed by atoms with Gasteiger partial charge in [0.1, 0.15) is 0 Å². The summed E-state index contributed by atoms with van der Waals surface area (Å²) in [6.07, 6.45) is 62.8. The SMILES string of the molecule is CC1=CC2C(=CC=CC2Nc2ccccc2C2=CC[C@H]3C=CC=CC3=C2)C=C1C/C=C\C=C/CC(C)C1CC=C(C(=N/C(C)C2C=CC=CC2)/C(C)=C(\C)c2cc3c(c4ccccc24)C=CCC3)C2=C1C1CC1CC2. The summed E-state index contributed by atoms with van der Waals surface area (Å²) in [5, 5.41) is 6.70. The Hall–Kier alpha value is -6.77. The molecule has 2 heteroatoms. The molecule has 0 aliphatic heterocycles. The molecule has 0 saturated heterocycles. The summed E-state index contributed by atoms with van der Waals surface area (Å²) in [6.45, 7) is 11.9. The van der Waals surface area contributed by atoms with Gasteiger partial charge in [-0.3, -0.25) is 4.99 Å². The quantitative estimate of drug-likeness (QED) is 0.126. The predicted molar refractivity (Wildman–Crippen MR) is 322 cm³/mol. The standard InChI is InChI=1S/C73H76N2/c1-47(22-9-6-7-10-26-54-43-56-29-21-35-71(68(56)42-48(54)2)75-70-34-20-19-31-62(70)58-37-36-53-25-13-14-27-55(53)44-58)60-40-41-66(65-39-38-59-46-69(59)72(60)65)73(74-51(5)52-23-11-8-12-24-52)50(4)49(3)67-45-57-28-15-16-30-61(57)63-32-17-18-33-64(63)67/h6-14,16-21,23,25,27,29-35,37,41-45,47,51-53,59-60,68-69,71,75H,15,22,24,26,28,36,38-40,46H2,1-5H3/b9-6-,10-7-,50-49+,74-73+/t47?,51?,52?,53-,59?,60?,68?,69?,71?/m1/s1. The third-order valence-corrected chi connectivity index (χ3v) is 18.5. The topological polar surface area (TPSA) is 24.4 Å². The minimum atomic E-state index is 0.187. The van der Waals surface area contributed by atoms with Crippen LogP contribution in [0, 0.1) is 41.4 Å². The zero-order chi connectivity index (χ0) is 51.0. The van der Waals surface area contributed by atoms with Crippen LogP contribution in [0.5, 0.6) is 0 Å². The lowest BCUT2D eigenvalue weighted by Gasteiger charge is -2.36. The van der Waals surface area contributed by atoms with E-state index < -0.39 is 0 Å². The Kier molecular flexibility index (Phi) is 14.1. The van der Waals surface area contributed by atoms with E-state index in [9.17, 15) is 0 Å². The molecule has 12 rings (SSSR count). The first-order valence-corrected chi connectivity index (χ1v) is 28.7. The fourth-order valence-corrected chi connectivity index (χ4v) is 13.9. The lowest BCUT2D eigenvalue weighted by atomic mass is 9.69. The highest BCUT2D eigenvalue weighted by atomic mass is 14.9. The summed E-state index contributed by atoms with van der Waals surface area (Å²) in [4.78, 5) is 5.84. The summed E-state index contributed by atoms with van der Waals surface area (Å²) in [5.74, 6) is 3.97. The van der Waals surface area contributed by atoms with E-state index in [1.54, 1.807) is 11.1 Å². The van der Waals surface area contributed by atoms with Gasteiger partial charge in [0.15, 0.2) is 0 Å². The van der Waals surface area contributed by atoms with Crippen LogP contribution in [0.3, 0.4) is 0 Å². The second kappa shape index (κ2) is 21.5. The van der Waals surface area contributed by atoms with Crippen LogP contribution in [-0.4, -0.2) is 17.8 Å². The van der Waals surface area contributed by atoms with E-state index in [4.69, 9.17) is 4.99 Å². The Bertz CT molecular complexity index is 3340. The largest absolute Gasteiger partial charge is 0.377 e. The molecule has 1 fully saturated rings. The first-order chi connectivity index (χ1) is 36.8. The molecule has 0 spiro atoms. The number of allylic oxidation sites excluding steroid dienone is 27. The van der Waals surface area contributed by atoms with Gasteiger partial charge in [-0.2, -0.15) is 0 Å². The predicted octanol–water partition coefficient (Wildman–Crippen LogP) is 18.7. The lowest BCUT2D eigenvalue weighted by Crippen LogP contribution is -2.30. The molecule has 0 aromatic heterocycles. The van der Waals surface area contributed by atoms with Gasteiger partial charge in [-0.15, -0.1) is 0 Å². The van der Waals surface area contributed by atoms with Gasteiger partial charge in [0.05, 0.1) is 17.8 Å². The van der Waals surface area contributed by atoms with Crippen molar-refractivity contribution in [2.75, 3.05) is 5.32 Å². The van der Waals surface area contributed by atoms with Gasteiger partial charge < -0.3 is 5.32 Å². The lowest BCUT2D eigenvalue weighted by molar-refractivity contribution is 0.382. The average Bonchev–Trinajstić information content (AvgIpc) is 4.28.